The Morgan fingerprint density at radius 3 is 2.33 bits per heavy atom. The van der Waals surface area contributed by atoms with Crippen molar-refractivity contribution in [2.75, 3.05) is 0 Å². The Balaban J connectivity index is 4.00. The van der Waals surface area contributed by atoms with Gasteiger partial charge in [-0.05, 0) is 11.6 Å². The van der Waals surface area contributed by atoms with Crippen LogP contribution in [-0.4, -0.2) is 11.2 Å². The molecule has 52 valence electrons. The maximum absolute atomic E-state index is 12.0. The van der Waals surface area contributed by atoms with Gasteiger partial charge in [0.05, 0.1) is 0 Å². The van der Waals surface area contributed by atoms with Gasteiger partial charge in [-0.2, -0.15) is 8.78 Å². The Morgan fingerprint density at radius 1 is 1.78 bits per heavy atom. The summed E-state index contributed by atoms with van der Waals surface area (Å²) in [5.74, 6) is -3.44. The Bertz CT molecular complexity index is 133. The van der Waals surface area contributed by atoms with Crippen LogP contribution < -0.4 is 0 Å². The molecule has 0 amide bonds. The summed E-state index contributed by atoms with van der Waals surface area (Å²) in [6.07, 6.45) is 0.246. The lowest BCUT2D eigenvalue weighted by atomic mass is 10.3. The summed E-state index contributed by atoms with van der Waals surface area (Å²) in [4.78, 5) is 9.82. The molecule has 0 radical (unpaired) electrons. The van der Waals surface area contributed by atoms with Crippen LogP contribution in [0.3, 0.4) is 0 Å². The summed E-state index contributed by atoms with van der Waals surface area (Å²) in [7, 11) is 0. The monoisotopic (exact) mass is 154 g/mol. The lowest BCUT2D eigenvalue weighted by Crippen LogP contribution is -2.22. The SMILES string of the molecule is C=CCC(F)(F)C(=O)Cl. The zero-order chi connectivity index (χ0) is 7.49. The van der Waals surface area contributed by atoms with Crippen molar-refractivity contribution in [3.8, 4) is 0 Å². The summed E-state index contributed by atoms with van der Waals surface area (Å²) in [6, 6.07) is 0. The Labute approximate surface area is 56.3 Å². The normalized spacial score (nSPS) is 11.0. The molecule has 0 aliphatic heterocycles. The van der Waals surface area contributed by atoms with Crippen LogP contribution in [0.5, 0.6) is 0 Å². The predicted octanol–water partition coefficient (Wildman–Crippen LogP) is 1.96. The molecule has 0 aromatic rings. The number of carbonyl (C=O) groups is 1. The van der Waals surface area contributed by atoms with E-state index in [0.717, 1.165) is 6.08 Å². The molecule has 9 heavy (non-hydrogen) atoms. The molecule has 4 heteroatoms. The van der Waals surface area contributed by atoms with E-state index in [9.17, 15) is 13.6 Å². The van der Waals surface area contributed by atoms with Crippen molar-refractivity contribution in [1.29, 1.82) is 0 Å². The maximum atomic E-state index is 12.0. The van der Waals surface area contributed by atoms with E-state index in [-0.39, 0.29) is 0 Å². The number of hydrogen-bond acceptors (Lipinski definition) is 1. The van der Waals surface area contributed by atoms with E-state index >= 15 is 0 Å². The van der Waals surface area contributed by atoms with Crippen LogP contribution >= 0.6 is 11.6 Å². The first-order valence-electron chi connectivity index (χ1n) is 2.19. The molecule has 0 fully saturated rings. The first-order chi connectivity index (χ1) is 4.00. The molecule has 0 unspecified atom stereocenters. The van der Waals surface area contributed by atoms with Crippen molar-refractivity contribution in [3.63, 3.8) is 0 Å². The van der Waals surface area contributed by atoms with Crippen molar-refractivity contribution >= 4 is 16.8 Å². The molecule has 0 aliphatic rings. The van der Waals surface area contributed by atoms with E-state index in [1.807, 2.05) is 0 Å². The number of alkyl halides is 2. The molecule has 0 aliphatic carbocycles. The van der Waals surface area contributed by atoms with Crippen LogP contribution in [-0.2, 0) is 4.79 Å². The molecule has 0 heterocycles. The fourth-order valence-corrected chi connectivity index (χ4v) is 0.339. The van der Waals surface area contributed by atoms with E-state index in [4.69, 9.17) is 0 Å². The van der Waals surface area contributed by atoms with Gasteiger partial charge in [0.15, 0.2) is 0 Å². The highest BCUT2D eigenvalue weighted by molar-refractivity contribution is 6.65. The van der Waals surface area contributed by atoms with Crippen molar-refractivity contribution < 1.29 is 13.6 Å². The Kier molecular flexibility index (Phi) is 2.77. The molecule has 0 N–H and O–H groups in total. The Morgan fingerprint density at radius 2 is 2.22 bits per heavy atom. The van der Waals surface area contributed by atoms with Gasteiger partial charge in [-0.25, -0.2) is 0 Å². The lowest BCUT2D eigenvalue weighted by Gasteiger charge is -2.05. The summed E-state index contributed by atoms with van der Waals surface area (Å²) in [6.45, 7) is 3.04. The Hall–Kier alpha value is -0.440. The summed E-state index contributed by atoms with van der Waals surface area (Å²) >= 11 is 4.51. The summed E-state index contributed by atoms with van der Waals surface area (Å²) in [5, 5.41) is -1.64. The topological polar surface area (TPSA) is 17.1 Å². The lowest BCUT2D eigenvalue weighted by molar-refractivity contribution is -0.133. The molecule has 0 bridgehead atoms. The third kappa shape index (κ3) is 2.56. The van der Waals surface area contributed by atoms with Crippen LogP contribution in [0.2, 0.25) is 0 Å². The highest BCUT2D eigenvalue weighted by Gasteiger charge is 2.35. The van der Waals surface area contributed by atoms with Gasteiger partial charge in [-0.15, -0.1) is 6.58 Å². The van der Waals surface area contributed by atoms with Gasteiger partial charge >= 0.3 is 5.92 Å². The third-order valence-corrected chi connectivity index (χ3v) is 0.965. The molecule has 0 spiro atoms. The standard InChI is InChI=1S/C5H5ClF2O/c1-2-3-5(7,8)4(6)9/h2H,1,3H2. The maximum Gasteiger partial charge on any atom is 0.323 e. The minimum atomic E-state index is -3.44. The quantitative estimate of drug-likeness (QED) is 0.449. The van der Waals surface area contributed by atoms with Gasteiger partial charge in [0, 0.05) is 6.42 Å². The average molecular weight is 155 g/mol. The van der Waals surface area contributed by atoms with Crippen molar-refractivity contribution in [2.24, 2.45) is 0 Å². The van der Waals surface area contributed by atoms with Crippen molar-refractivity contribution in [3.05, 3.63) is 12.7 Å². The van der Waals surface area contributed by atoms with Crippen LogP contribution in [0.4, 0.5) is 8.78 Å². The molecule has 0 saturated carbocycles. The second kappa shape index (κ2) is 2.92. The molecule has 0 rings (SSSR count). The van der Waals surface area contributed by atoms with Crippen molar-refractivity contribution in [2.45, 2.75) is 12.3 Å². The number of allylic oxidation sites excluding steroid dienone is 1. The van der Waals surface area contributed by atoms with Gasteiger partial charge in [-0.3, -0.25) is 4.79 Å². The number of rotatable bonds is 3. The molecule has 1 nitrogen and oxygen atoms in total. The largest absolute Gasteiger partial charge is 0.323 e. The minimum absolute atomic E-state index is 0.699. The van der Waals surface area contributed by atoms with Gasteiger partial charge in [0.1, 0.15) is 0 Å². The molecule has 0 aromatic carbocycles. The van der Waals surface area contributed by atoms with E-state index in [1.54, 1.807) is 0 Å². The van der Waals surface area contributed by atoms with E-state index in [1.165, 1.54) is 0 Å². The number of carbonyl (C=O) groups excluding carboxylic acids is 1. The second-order valence-electron chi connectivity index (χ2n) is 1.47. The van der Waals surface area contributed by atoms with Gasteiger partial charge in [-0.1, -0.05) is 6.08 Å². The summed E-state index contributed by atoms with van der Waals surface area (Å²) < 4.78 is 24.0. The van der Waals surface area contributed by atoms with Crippen molar-refractivity contribution in [1.82, 2.24) is 0 Å². The van der Waals surface area contributed by atoms with Gasteiger partial charge in [0.2, 0.25) is 0 Å². The summed E-state index contributed by atoms with van der Waals surface area (Å²) in [5.41, 5.74) is 0. The van der Waals surface area contributed by atoms with E-state index in [2.05, 4.69) is 18.2 Å². The average Bonchev–Trinajstić information content (AvgIpc) is 1.65. The molecule has 0 aromatic heterocycles. The van der Waals surface area contributed by atoms with Crippen LogP contribution in [0.15, 0.2) is 12.7 Å². The second-order valence-corrected chi connectivity index (χ2v) is 1.81. The molecule has 0 atom stereocenters. The van der Waals surface area contributed by atoms with Crippen LogP contribution in [0.1, 0.15) is 6.42 Å². The number of hydrogen-bond donors (Lipinski definition) is 0. The minimum Gasteiger partial charge on any atom is -0.274 e. The third-order valence-electron chi connectivity index (χ3n) is 0.688. The molecule has 0 saturated heterocycles. The van der Waals surface area contributed by atoms with Crippen LogP contribution in [0.25, 0.3) is 0 Å². The van der Waals surface area contributed by atoms with Crippen LogP contribution in [0, 0.1) is 0 Å². The highest BCUT2D eigenvalue weighted by atomic mass is 35.5. The van der Waals surface area contributed by atoms with Gasteiger partial charge in [0.25, 0.3) is 5.24 Å². The zero-order valence-corrected chi connectivity index (χ0v) is 5.29. The molecular formula is C5H5ClF2O. The van der Waals surface area contributed by atoms with E-state index in [0.29, 0.717) is 0 Å². The van der Waals surface area contributed by atoms with E-state index < -0.39 is 17.6 Å². The fraction of sp³-hybridized carbons (Fsp3) is 0.400. The first kappa shape index (κ1) is 8.56. The highest BCUT2D eigenvalue weighted by Crippen LogP contribution is 2.21. The fourth-order valence-electron chi connectivity index (χ4n) is 0.262. The number of halogens is 3. The van der Waals surface area contributed by atoms with Gasteiger partial charge < -0.3 is 0 Å². The smallest absolute Gasteiger partial charge is 0.274 e. The molecular weight excluding hydrogens is 150 g/mol. The zero-order valence-electron chi connectivity index (χ0n) is 4.53. The predicted molar refractivity (Wildman–Crippen MR) is 30.6 cm³/mol. The first-order valence-corrected chi connectivity index (χ1v) is 2.57.